The number of hydrogen-bond acceptors (Lipinski definition) is 5. The number of aromatic nitrogens is 2. The standard InChI is InChI=1S/C19H26N4O2S/c1-14(2)19-20-16(4)13-18(21-19)22-9-11-23(12-10-22)26(24,25)17-7-5-15(3)6-8-17/h5-8,13-14H,9-12H2,1-4H3. The highest BCUT2D eigenvalue weighted by Gasteiger charge is 2.29. The molecular weight excluding hydrogens is 348 g/mol. The fraction of sp³-hybridized carbons (Fsp3) is 0.474. The molecule has 1 fully saturated rings. The Morgan fingerprint density at radius 1 is 0.962 bits per heavy atom. The second kappa shape index (κ2) is 7.32. The van der Waals surface area contributed by atoms with E-state index < -0.39 is 10.0 Å². The number of aryl methyl sites for hydroxylation is 2. The summed E-state index contributed by atoms with van der Waals surface area (Å²) >= 11 is 0. The summed E-state index contributed by atoms with van der Waals surface area (Å²) in [5.74, 6) is 1.97. The van der Waals surface area contributed by atoms with Crippen LogP contribution in [0.2, 0.25) is 0 Å². The lowest BCUT2D eigenvalue weighted by Crippen LogP contribution is -2.49. The molecule has 7 heteroatoms. The van der Waals surface area contributed by atoms with Crippen molar-refractivity contribution in [2.45, 2.75) is 38.5 Å². The van der Waals surface area contributed by atoms with Crippen LogP contribution in [0.4, 0.5) is 5.82 Å². The van der Waals surface area contributed by atoms with Gasteiger partial charge in [-0.1, -0.05) is 31.5 Å². The third kappa shape index (κ3) is 3.88. The molecule has 0 amide bonds. The second-order valence-corrected chi connectivity index (χ2v) is 9.02. The van der Waals surface area contributed by atoms with Crippen LogP contribution in [-0.4, -0.2) is 48.9 Å². The van der Waals surface area contributed by atoms with Crippen LogP contribution < -0.4 is 4.90 Å². The third-order valence-corrected chi connectivity index (χ3v) is 6.51. The summed E-state index contributed by atoms with van der Waals surface area (Å²) in [6.45, 7) is 10.2. The average molecular weight is 375 g/mol. The molecule has 0 saturated carbocycles. The Balaban J connectivity index is 1.74. The summed E-state index contributed by atoms with van der Waals surface area (Å²) in [6, 6.07) is 9.00. The van der Waals surface area contributed by atoms with Crippen LogP contribution in [0.5, 0.6) is 0 Å². The van der Waals surface area contributed by atoms with Gasteiger partial charge in [-0.25, -0.2) is 18.4 Å². The highest BCUT2D eigenvalue weighted by molar-refractivity contribution is 7.89. The molecule has 3 rings (SSSR count). The molecular formula is C19H26N4O2S. The number of sulfonamides is 1. The Hall–Kier alpha value is -1.99. The maximum atomic E-state index is 12.8. The molecule has 0 atom stereocenters. The number of rotatable bonds is 4. The zero-order valence-electron chi connectivity index (χ0n) is 15.8. The minimum absolute atomic E-state index is 0.261. The molecule has 26 heavy (non-hydrogen) atoms. The molecule has 0 spiro atoms. The Morgan fingerprint density at radius 2 is 1.58 bits per heavy atom. The van der Waals surface area contributed by atoms with E-state index in [1.165, 1.54) is 0 Å². The van der Waals surface area contributed by atoms with Crippen molar-refractivity contribution >= 4 is 15.8 Å². The quantitative estimate of drug-likeness (QED) is 0.823. The van der Waals surface area contributed by atoms with Gasteiger partial charge in [-0.2, -0.15) is 4.31 Å². The second-order valence-electron chi connectivity index (χ2n) is 7.08. The van der Waals surface area contributed by atoms with Gasteiger partial charge in [-0.05, 0) is 26.0 Å². The van der Waals surface area contributed by atoms with Crippen molar-refractivity contribution in [1.82, 2.24) is 14.3 Å². The molecule has 0 unspecified atom stereocenters. The number of piperazine rings is 1. The van der Waals surface area contributed by atoms with Gasteiger partial charge in [0.15, 0.2) is 0 Å². The van der Waals surface area contributed by atoms with Gasteiger partial charge in [0, 0.05) is 43.9 Å². The molecule has 1 aliphatic rings. The summed E-state index contributed by atoms with van der Waals surface area (Å²) in [7, 11) is -3.44. The molecule has 1 aliphatic heterocycles. The van der Waals surface area contributed by atoms with E-state index >= 15 is 0 Å². The van der Waals surface area contributed by atoms with Gasteiger partial charge in [0.25, 0.3) is 0 Å². The minimum Gasteiger partial charge on any atom is -0.354 e. The van der Waals surface area contributed by atoms with Crippen molar-refractivity contribution in [2.75, 3.05) is 31.1 Å². The van der Waals surface area contributed by atoms with E-state index in [4.69, 9.17) is 0 Å². The van der Waals surface area contributed by atoms with E-state index in [-0.39, 0.29) is 5.92 Å². The van der Waals surface area contributed by atoms with Gasteiger partial charge in [0.05, 0.1) is 4.90 Å². The Labute approximate surface area is 155 Å². The first kappa shape index (κ1) is 18.8. The van der Waals surface area contributed by atoms with Crippen molar-refractivity contribution in [3.8, 4) is 0 Å². The first-order valence-corrected chi connectivity index (χ1v) is 10.4. The number of benzene rings is 1. The minimum atomic E-state index is -3.44. The van der Waals surface area contributed by atoms with Crippen molar-refractivity contribution in [1.29, 1.82) is 0 Å². The van der Waals surface area contributed by atoms with E-state index in [1.807, 2.05) is 32.0 Å². The molecule has 140 valence electrons. The number of anilines is 1. The van der Waals surface area contributed by atoms with Gasteiger partial charge in [0.1, 0.15) is 11.6 Å². The topological polar surface area (TPSA) is 66.4 Å². The average Bonchev–Trinajstić information content (AvgIpc) is 2.61. The largest absolute Gasteiger partial charge is 0.354 e. The monoisotopic (exact) mass is 374 g/mol. The molecule has 1 aromatic carbocycles. The lowest BCUT2D eigenvalue weighted by molar-refractivity contribution is 0.383. The van der Waals surface area contributed by atoms with Gasteiger partial charge in [0.2, 0.25) is 10.0 Å². The summed E-state index contributed by atoms with van der Waals surface area (Å²) in [5.41, 5.74) is 1.99. The number of hydrogen-bond donors (Lipinski definition) is 0. The molecule has 1 aromatic heterocycles. The molecule has 6 nitrogen and oxygen atoms in total. The zero-order chi connectivity index (χ0) is 18.9. The molecule has 0 N–H and O–H groups in total. The van der Waals surface area contributed by atoms with Gasteiger partial charge >= 0.3 is 0 Å². The summed E-state index contributed by atoms with van der Waals surface area (Å²) in [4.78, 5) is 11.6. The molecule has 0 aliphatic carbocycles. The molecule has 2 heterocycles. The van der Waals surface area contributed by atoms with Gasteiger partial charge in [-0.15, -0.1) is 0 Å². The van der Waals surface area contributed by atoms with Crippen LogP contribution >= 0.6 is 0 Å². The van der Waals surface area contributed by atoms with Crippen molar-refractivity contribution in [2.24, 2.45) is 0 Å². The van der Waals surface area contributed by atoms with E-state index in [2.05, 4.69) is 28.7 Å². The van der Waals surface area contributed by atoms with Gasteiger partial charge in [-0.3, -0.25) is 0 Å². The maximum absolute atomic E-state index is 12.8. The molecule has 1 saturated heterocycles. The van der Waals surface area contributed by atoms with E-state index in [9.17, 15) is 8.42 Å². The smallest absolute Gasteiger partial charge is 0.243 e. The van der Waals surface area contributed by atoms with Crippen molar-refractivity contribution in [3.63, 3.8) is 0 Å². The molecule has 0 bridgehead atoms. The highest BCUT2D eigenvalue weighted by atomic mass is 32.2. The van der Waals surface area contributed by atoms with Crippen LogP contribution in [-0.2, 0) is 10.0 Å². The van der Waals surface area contributed by atoms with Crippen molar-refractivity contribution in [3.05, 3.63) is 47.4 Å². The summed E-state index contributed by atoms with van der Waals surface area (Å²) in [5, 5.41) is 0. The number of nitrogens with zero attached hydrogens (tertiary/aromatic N) is 4. The SMILES string of the molecule is Cc1ccc(S(=O)(=O)N2CCN(c3cc(C)nc(C(C)C)n3)CC2)cc1. The first-order valence-electron chi connectivity index (χ1n) is 8.95. The predicted molar refractivity (Wildman–Crippen MR) is 103 cm³/mol. The zero-order valence-corrected chi connectivity index (χ0v) is 16.6. The van der Waals surface area contributed by atoms with Crippen molar-refractivity contribution < 1.29 is 8.42 Å². The Bertz CT molecular complexity index is 871. The normalized spacial score (nSPS) is 16.3. The molecule has 2 aromatic rings. The highest BCUT2D eigenvalue weighted by Crippen LogP contribution is 2.22. The van der Waals surface area contributed by atoms with Gasteiger partial charge < -0.3 is 4.90 Å². The van der Waals surface area contributed by atoms with Crippen LogP contribution in [0.25, 0.3) is 0 Å². The van der Waals surface area contributed by atoms with E-state index in [1.54, 1.807) is 16.4 Å². The van der Waals surface area contributed by atoms with Crippen LogP contribution in [0.15, 0.2) is 35.2 Å². The van der Waals surface area contributed by atoms with E-state index in [0.717, 1.165) is 22.9 Å². The fourth-order valence-electron chi connectivity index (χ4n) is 3.01. The van der Waals surface area contributed by atoms with E-state index in [0.29, 0.717) is 31.1 Å². The third-order valence-electron chi connectivity index (χ3n) is 4.60. The lowest BCUT2D eigenvalue weighted by atomic mass is 10.2. The van der Waals surface area contributed by atoms with Crippen LogP contribution in [0, 0.1) is 13.8 Å². The van der Waals surface area contributed by atoms with Crippen LogP contribution in [0.1, 0.15) is 36.8 Å². The Morgan fingerprint density at radius 3 is 2.15 bits per heavy atom. The fourth-order valence-corrected chi connectivity index (χ4v) is 4.43. The summed E-state index contributed by atoms with van der Waals surface area (Å²) < 4.78 is 27.2. The lowest BCUT2D eigenvalue weighted by Gasteiger charge is -2.35. The summed E-state index contributed by atoms with van der Waals surface area (Å²) in [6.07, 6.45) is 0. The first-order chi connectivity index (χ1) is 12.3. The Kier molecular flexibility index (Phi) is 5.29. The predicted octanol–water partition coefficient (Wildman–Crippen LogP) is 2.73. The maximum Gasteiger partial charge on any atom is 0.243 e. The molecule has 0 radical (unpaired) electrons. The van der Waals surface area contributed by atoms with Crippen LogP contribution in [0.3, 0.4) is 0 Å².